The van der Waals surface area contributed by atoms with Gasteiger partial charge in [-0.25, -0.2) is 0 Å². The molecule has 0 fully saturated rings. The minimum absolute atomic E-state index is 0.0873. The van der Waals surface area contributed by atoms with Gasteiger partial charge in [-0.3, -0.25) is 19.4 Å². The van der Waals surface area contributed by atoms with Crippen LogP contribution in [0, 0.1) is 0 Å². The van der Waals surface area contributed by atoms with Crippen LogP contribution in [0.5, 0.6) is 5.75 Å². The Hall–Kier alpha value is -2.15. The van der Waals surface area contributed by atoms with Gasteiger partial charge in [0.15, 0.2) is 0 Å². The van der Waals surface area contributed by atoms with Crippen molar-refractivity contribution < 1.29 is 9.53 Å². The summed E-state index contributed by atoms with van der Waals surface area (Å²) in [7, 11) is 0. The SMILES string of the molecule is CCOc1ccc([C@@H]2SCC(=O)Nc3c2c(=O)[nH]n3[C@@H](C)CC)cc1. The summed E-state index contributed by atoms with van der Waals surface area (Å²) in [5.74, 6) is 1.61. The minimum atomic E-state index is -0.196. The number of thioether (sulfide) groups is 1. The van der Waals surface area contributed by atoms with Crippen molar-refractivity contribution in [1.29, 1.82) is 0 Å². The summed E-state index contributed by atoms with van der Waals surface area (Å²) >= 11 is 1.47. The maximum absolute atomic E-state index is 12.7. The largest absolute Gasteiger partial charge is 0.494 e. The van der Waals surface area contributed by atoms with E-state index < -0.39 is 0 Å². The lowest BCUT2D eigenvalue weighted by atomic mass is 10.1. The van der Waals surface area contributed by atoms with E-state index in [1.165, 1.54) is 11.8 Å². The van der Waals surface area contributed by atoms with E-state index in [0.717, 1.165) is 17.7 Å². The van der Waals surface area contributed by atoms with E-state index in [1.807, 2.05) is 45.0 Å². The van der Waals surface area contributed by atoms with Crippen molar-refractivity contribution >= 4 is 23.5 Å². The summed E-state index contributed by atoms with van der Waals surface area (Å²) < 4.78 is 7.27. The number of aromatic nitrogens is 2. The number of nitrogens with zero attached hydrogens (tertiary/aromatic N) is 1. The van der Waals surface area contributed by atoms with Gasteiger partial charge in [-0.1, -0.05) is 19.1 Å². The Bertz CT molecular complexity index is 810. The zero-order valence-corrected chi connectivity index (χ0v) is 15.5. The Balaban J connectivity index is 2.06. The van der Waals surface area contributed by atoms with Gasteiger partial charge in [-0.2, -0.15) is 0 Å². The van der Waals surface area contributed by atoms with Gasteiger partial charge in [0, 0.05) is 6.04 Å². The van der Waals surface area contributed by atoms with Gasteiger partial charge in [-0.15, -0.1) is 11.8 Å². The van der Waals surface area contributed by atoms with E-state index in [9.17, 15) is 9.59 Å². The van der Waals surface area contributed by atoms with Crippen molar-refractivity contribution in [3.8, 4) is 5.75 Å². The first kappa shape index (κ1) is 17.7. The predicted octanol–water partition coefficient (Wildman–Crippen LogP) is 3.32. The number of carbonyl (C=O) groups is 1. The molecule has 2 N–H and O–H groups in total. The number of carbonyl (C=O) groups excluding carboxylic acids is 1. The van der Waals surface area contributed by atoms with Crippen molar-refractivity contribution in [3.63, 3.8) is 0 Å². The number of benzene rings is 1. The zero-order valence-electron chi connectivity index (χ0n) is 14.7. The molecule has 0 bridgehead atoms. The molecular formula is C18H23N3O3S. The third-order valence-corrected chi connectivity index (χ3v) is 5.66. The van der Waals surface area contributed by atoms with Crippen LogP contribution in [-0.2, 0) is 4.79 Å². The van der Waals surface area contributed by atoms with Gasteiger partial charge in [0.1, 0.15) is 11.6 Å². The number of H-pyrrole nitrogens is 1. The highest BCUT2D eigenvalue weighted by molar-refractivity contribution is 8.00. The lowest BCUT2D eigenvalue weighted by molar-refractivity contribution is -0.113. The second kappa shape index (κ2) is 7.39. The first-order chi connectivity index (χ1) is 12.0. The van der Waals surface area contributed by atoms with Crippen LogP contribution in [0.4, 0.5) is 5.82 Å². The number of anilines is 1. The van der Waals surface area contributed by atoms with E-state index in [4.69, 9.17) is 4.74 Å². The zero-order chi connectivity index (χ0) is 18.0. The van der Waals surface area contributed by atoms with Crippen molar-refractivity contribution in [1.82, 2.24) is 9.78 Å². The number of ether oxygens (including phenoxy) is 1. The molecule has 1 aliphatic heterocycles. The molecule has 1 amide bonds. The molecule has 0 spiro atoms. The molecule has 0 unspecified atom stereocenters. The Morgan fingerprint density at radius 1 is 1.28 bits per heavy atom. The summed E-state index contributed by atoms with van der Waals surface area (Å²) in [6, 6.07) is 7.82. The second-order valence-corrected chi connectivity index (χ2v) is 7.17. The normalized spacial score (nSPS) is 18.2. The highest BCUT2D eigenvalue weighted by Gasteiger charge is 2.31. The topological polar surface area (TPSA) is 76.1 Å². The summed E-state index contributed by atoms with van der Waals surface area (Å²) in [4.78, 5) is 24.8. The number of nitrogens with one attached hydrogen (secondary N) is 2. The molecule has 2 heterocycles. The first-order valence-corrected chi connectivity index (χ1v) is 9.58. The van der Waals surface area contributed by atoms with Crippen LogP contribution in [-0.4, -0.2) is 28.0 Å². The highest BCUT2D eigenvalue weighted by Crippen LogP contribution is 2.40. The van der Waals surface area contributed by atoms with E-state index in [2.05, 4.69) is 10.4 Å². The molecule has 0 aliphatic carbocycles. The van der Waals surface area contributed by atoms with Crippen molar-refractivity contribution in [3.05, 3.63) is 45.7 Å². The van der Waals surface area contributed by atoms with Gasteiger partial charge in [0.25, 0.3) is 5.56 Å². The van der Waals surface area contributed by atoms with Gasteiger partial charge >= 0.3 is 0 Å². The maximum atomic E-state index is 12.7. The monoisotopic (exact) mass is 361 g/mol. The van der Waals surface area contributed by atoms with Crippen LogP contribution in [0.15, 0.2) is 29.1 Å². The Labute approximate surface area is 150 Å². The van der Waals surface area contributed by atoms with Crippen LogP contribution >= 0.6 is 11.8 Å². The number of rotatable bonds is 5. The molecule has 7 heteroatoms. The van der Waals surface area contributed by atoms with E-state index >= 15 is 0 Å². The van der Waals surface area contributed by atoms with Crippen molar-refractivity contribution in [2.45, 2.75) is 38.5 Å². The average molecular weight is 361 g/mol. The quantitative estimate of drug-likeness (QED) is 0.856. The van der Waals surface area contributed by atoms with Gasteiger partial charge in [0.05, 0.1) is 23.2 Å². The molecule has 6 nitrogen and oxygen atoms in total. The Kier molecular flexibility index (Phi) is 5.22. The molecular weight excluding hydrogens is 338 g/mol. The van der Waals surface area contributed by atoms with E-state index in [1.54, 1.807) is 4.68 Å². The molecule has 2 aromatic rings. The highest BCUT2D eigenvalue weighted by atomic mass is 32.2. The fourth-order valence-corrected chi connectivity index (χ4v) is 4.05. The van der Waals surface area contributed by atoms with E-state index in [0.29, 0.717) is 23.7 Å². The van der Waals surface area contributed by atoms with Crippen molar-refractivity contribution in [2.75, 3.05) is 17.7 Å². The standard InChI is InChI=1S/C18H23N3O3S/c1-4-11(3)21-17-15(18(23)20-21)16(25-10-14(22)19-17)12-6-8-13(9-7-12)24-5-2/h6-9,11,16H,4-5,10H2,1-3H3,(H,19,22)(H,20,23)/t11-,16-/m0/s1. The van der Waals surface area contributed by atoms with Gasteiger partial charge < -0.3 is 10.1 Å². The molecule has 1 aromatic heterocycles. The van der Waals surface area contributed by atoms with Crippen molar-refractivity contribution in [2.24, 2.45) is 0 Å². The number of hydrogen-bond donors (Lipinski definition) is 2. The second-order valence-electron chi connectivity index (χ2n) is 6.07. The molecule has 0 radical (unpaired) electrons. The predicted molar refractivity (Wildman–Crippen MR) is 101 cm³/mol. The Morgan fingerprint density at radius 3 is 2.64 bits per heavy atom. The molecule has 3 rings (SSSR count). The number of amides is 1. The van der Waals surface area contributed by atoms with Crippen LogP contribution < -0.4 is 15.6 Å². The maximum Gasteiger partial charge on any atom is 0.270 e. The lowest BCUT2D eigenvalue weighted by Crippen LogP contribution is -2.18. The third kappa shape index (κ3) is 3.46. The molecule has 2 atom stereocenters. The van der Waals surface area contributed by atoms with Gasteiger partial charge in [-0.05, 0) is 38.0 Å². The summed E-state index contributed by atoms with van der Waals surface area (Å²) in [6.45, 7) is 6.62. The van der Waals surface area contributed by atoms with E-state index in [-0.39, 0.29) is 22.8 Å². The lowest BCUT2D eigenvalue weighted by Gasteiger charge is -2.16. The van der Waals surface area contributed by atoms with Crippen LogP contribution in [0.3, 0.4) is 0 Å². The van der Waals surface area contributed by atoms with Crippen LogP contribution in [0.2, 0.25) is 0 Å². The third-order valence-electron chi connectivity index (χ3n) is 4.39. The molecule has 134 valence electrons. The number of hydrogen-bond acceptors (Lipinski definition) is 4. The summed E-state index contributed by atoms with van der Waals surface area (Å²) in [6.07, 6.45) is 0.855. The molecule has 1 aromatic carbocycles. The fourth-order valence-electron chi connectivity index (χ4n) is 2.93. The molecule has 0 saturated heterocycles. The fraction of sp³-hybridized carbons (Fsp3) is 0.444. The van der Waals surface area contributed by atoms with Crippen LogP contribution in [0.1, 0.15) is 49.6 Å². The summed E-state index contributed by atoms with van der Waals surface area (Å²) in [5, 5.41) is 5.60. The smallest absolute Gasteiger partial charge is 0.270 e. The first-order valence-electron chi connectivity index (χ1n) is 8.53. The molecule has 25 heavy (non-hydrogen) atoms. The Morgan fingerprint density at radius 2 is 2.00 bits per heavy atom. The number of aromatic amines is 1. The molecule has 0 saturated carbocycles. The molecule has 1 aliphatic rings. The minimum Gasteiger partial charge on any atom is -0.494 e. The van der Waals surface area contributed by atoms with Crippen LogP contribution in [0.25, 0.3) is 0 Å². The number of fused-ring (bicyclic) bond motifs is 1. The average Bonchev–Trinajstić information content (AvgIpc) is 2.82. The summed E-state index contributed by atoms with van der Waals surface area (Å²) in [5.41, 5.74) is 1.45. The van der Waals surface area contributed by atoms with Gasteiger partial charge in [0.2, 0.25) is 5.91 Å².